The molecule has 6 heteroatoms. The highest BCUT2D eigenvalue weighted by molar-refractivity contribution is 6.99. The second-order valence-electron chi connectivity index (χ2n) is 9.14. The van der Waals surface area contributed by atoms with Gasteiger partial charge in [-0.05, 0) is 21.0 Å². The highest BCUT2D eigenvalue weighted by Gasteiger charge is 2.52. The molecule has 0 spiro atoms. The number of hydrogen-bond donors (Lipinski definition) is 0. The van der Waals surface area contributed by atoms with E-state index in [0.29, 0.717) is 0 Å². The maximum atomic E-state index is 13.3. The number of carbonyl (C=O) groups excluding carboxylic acids is 2. The zero-order valence-corrected chi connectivity index (χ0v) is 21.2. The van der Waals surface area contributed by atoms with Crippen LogP contribution in [0.25, 0.3) is 0 Å². The molecule has 3 aromatic carbocycles. The molecule has 1 atom stereocenters. The van der Waals surface area contributed by atoms with Crippen LogP contribution in [0.2, 0.25) is 5.04 Å². The molecule has 0 bridgehead atoms. The van der Waals surface area contributed by atoms with Gasteiger partial charge in [0.25, 0.3) is 8.32 Å². The minimum absolute atomic E-state index is 0.0987. The quantitative estimate of drug-likeness (QED) is 0.342. The number of rotatable bonds is 9. The van der Waals surface area contributed by atoms with Crippen molar-refractivity contribution in [2.75, 3.05) is 7.11 Å². The molecule has 34 heavy (non-hydrogen) atoms. The van der Waals surface area contributed by atoms with Crippen molar-refractivity contribution in [1.82, 2.24) is 0 Å². The smallest absolute Gasteiger partial charge is 0.334 e. The minimum atomic E-state index is -3.07. The van der Waals surface area contributed by atoms with E-state index in [-0.39, 0.29) is 18.1 Å². The van der Waals surface area contributed by atoms with Gasteiger partial charge in [-0.1, -0.05) is 112 Å². The fourth-order valence-corrected chi connectivity index (χ4v) is 8.76. The Bertz CT molecular complexity index is 1020. The predicted molar refractivity (Wildman–Crippen MR) is 135 cm³/mol. The lowest BCUT2D eigenvalue weighted by molar-refractivity contribution is -0.159. The molecule has 0 N–H and O–H groups in total. The van der Waals surface area contributed by atoms with E-state index in [1.165, 1.54) is 7.11 Å². The molecule has 0 amide bonds. The summed E-state index contributed by atoms with van der Waals surface area (Å²) in [5.74, 6) is -1.11. The van der Waals surface area contributed by atoms with Crippen molar-refractivity contribution in [3.63, 3.8) is 0 Å². The summed E-state index contributed by atoms with van der Waals surface area (Å²) in [7, 11) is -1.77. The summed E-state index contributed by atoms with van der Waals surface area (Å²) in [5.41, 5.74) is 0.859. The number of methoxy groups -OCH3 is 1. The number of ether oxygens (including phenoxy) is 2. The van der Waals surface area contributed by atoms with Gasteiger partial charge < -0.3 is 13.9 Å². The van der Waals surface area contributed by atoms with Crippen LogP contribution in [0.4, 0.5) is 0 Å². The van der Waals surface area contributed by atoms with Gasteiger partial charge in [-0.25, -0.2) is 4.79 Å². The van der Waals surface area contributed by atoms with Crippen molar-refractivity contribution in [2.45, 2.75) is 44.9 Å². The van der Waals surface area contributed by atoms with E-state index in [2.05, 4.69) is 20.8 Å². The van der Waals surface area contributed by atoms with Gasteiger partial charge in [0, 0.05) is 0 Å². The van der Waals surface area contributed by atoms with Crippen molar-refractivity contribution in [3.8, 4) is 0 Å². The van der Waals surface area contributed by atoms with Gasteiger partial charge in [-0.15, -0.1) is 0 Å². The molecule has 178 valence electrons. The van der Waals surface area contributed by atoms with E-state index >= 15 is 0 Å². The number of carbonyl (C=O) groups is 2. The van der Waals surface area contributed by atoms with Crippen LogP contribution in [0.1, 0.15) is 32.8 Å². The molecule has 0 fully saturated rings. The second-order valence-corrected chi connectivity index (χ2v) is 13.4. The molecular formula is C28H32O5Si. The standard InChI is InChI=1S/C28H32O5Si/c1-28(2,3)34(23-16-10-6-11-17-23,24-18-12-7-13-19-24)33-25(20-26(29)31-4)27(30)32-21-22-14-8-5-9-15-22/h5-19,25H,20-21H2,1-4H3. The van der Waals surface area contributed by atoms with Crippen LogP contribution in [-0.4, -0.2) is 33.5 Å². The first kappa shape index (κ1) is 25.4. The van der Waals surface area contributed by atoms with Gasteiger partial charge >= 0.3 is 11.9 Å². The summed E-state index contributed by atoms with van der Waals surface area (Å²) >= 11 is 0. The van der Waals surface area contributed by atoms with Gasteiger partial charge in [0.2, 0.25) is 0 Å². The van der Waals surface area contributed by atoms with Crippen molar-refractivity contribution in [3.05, 3.63) is 96.6 Å². The molecule has 5 nitrogen and oxygen atoms in total. The Kier molecular flexibility index (Phi) is 8.42. The molecule has 1 unspecified atom stereocenters. The van der Waals surface area contributed by atoms with E-state index in [4.69, 9.17) is 13.9 Å². The van der Waals surface area contributed by atoms with Crippen LogP contribution in [-0.2, 0) is 30.1 Å². The Labute approximate surface area is 202 Å². The summed E-state index contributed by atoms with van der Waals surface area (Å²) < 4.78 is 17.4. The Hall–Kier alpha value is -3.22. The number of benzene rings is 3. The van der Waals surface area contributed by atoms with Crippen molar-refractivity contribution >= 4 is 30.6 Å². The third-order valence-corrected chi connectivity index (χ3v) is 10.8. The highest BCUT2D eigenvalue weighted by atomic mass is 28.4. The van der Waals surface area contributed by atoms with Crippen LogP contribution >= 0.6 is 0 Å². The predicted octanol–water partition coefficient (Wildman–Crippen LogP) is 4.24. The fourth-order valence-electron chi connectivity index (χ4n) is 4.13. The fraction of sp³-hybridized carbons (Fsp3) is 0.286. The van der Waals surface area contributed by atoms with Crippen molar-refractivity contribution in [2.24, 2.45) is 0 Å². The van der Waals surface area contributed by atoms with Gasteiger partial charge in [-0.3, -0.25) is 4.79 Å². The summed E-state index contributed by atoms with van der Waals surface area (Å²) in [6.07, 6.45) is -1.34. The first-order chi connectivity index (χ1) is 16.3. The zero-order valence-electron chi connectivity index (χ0n) is 20.2. The largest absolute Gasteiger partial charge is 0.469 e. The molecule has 0 saturated carbocycles. The van der Waals surface area contributed by atoms with Gasteiger partial charge in [0.15, 0.2) is 6.10 Å². The Balaban J connectivity index is 2.05. The maximum Gasteiger partial charge on any atom is 0.334 e. The first-order valence-corrected chi connectivity index (χ1v) is 13.2. The van der Waals surface area contributed by atoms with Gasteiger partial charge in [0.1, 0.15) is 6.61 Å². The van der Waals surface area contributed by atoms with Gasteiger partial charge in [0.05, 0.1) is 13.5 Å². The molecule has 0 saturated heterocycles. The summed E-state index contributed by atoms with van der Waals surface area (Å²) in [6.45, 7) is 6.44. The maximum absolute atomic E-state index is 13.3. The molecule has 0 heterocycles. The van der Waals surface area contributed by atoms with Crippen LogP contribution < -0.4 is 10.4 Å². The SMILES string of the molecule is COC(=O)CC(O[Si](c1ccccc1)(c1ccccc1)C(C)(C)C)C(=O)OCc1ccccc1. The monoisotopic (exact) mass is 476 g/mol. The van der Waals surface area contributed by atoms with Crippen molar-refractivity contribution < 1.29 is 23.5 Å². The average molecular weight is 477 g/mol. The Morgan fingerprint density at radius 2 is 1.26 bits per heavy atom. The topological polar surface area (TPSA) is 61.8 Å². The molecule has 3 rings (SSSR count). The number of esters is 2. The lowest BCUT2D eigenvalue weighted by Crippen LogP contribution is -2.68. The van der Waals surface area contributed by atoms with Crippen LogP contribution in [0, 0.1) is 0 Å². The molecular weight excluding hydrogens is 444 g/mol. The van der Waals surface area contributed by atoms with Gasteiger partial charge in [-0.2, -0.15) is 0 Å². The molecule has 3 aromatic rings. The van der Waals surface area contributed by atoms with Crippen LogP contribution in [0.3, 0.4) is 0 Å². The van der Waals surface area contributed by atoms with E-state index in [9.17, 15) is 9.59 Å². The normalized spacial score (nSPS) is 12.6. The summed E-state index contributed by atoms with van der Waals surface area (Å²) in [6, 6.07) is 29.4. The Morgan fingerprint density at radius 3 is 1.71 bits per heavy atom. The zero-order chi connectivity index (χ0) is 24.6. The summed E-state index contributed by atoms with van der Waals surface area (Å²) in [5, 5.41) is 1.67. The first-order valence-electron chi connectivity index (χ1n) is 11.3. The minimum Gasteiger partial charge on any atom is -0.469 e. The van der Waals surface area contributed by atoms with E-state index in [1.807, 2.05) is 91.0 Å². The highest BCUT2D eigenvalue weighted by Crippen LogP contribution is 2.38. The molecule has 0 aliphatic heterocycles. The summed E-state index contributed by atoms with van der Waals surface area (Å²) in [4.78, 5) is 25.6. The third-order valence-electron chi connectivity index (χ3n) is 5.80. The molecule has 0 aliphatic carbocycles. The second kappa shape index (κ2) is 11.3. The molecule has 0 aliphatic rings. The molecule has 0 radical (unpaired) electrons. The van der Waals surface area contributed by atoms with Crippen molar-refractivity contribution in [1.29, 1.82) is 0 Å². The lowest BCUT2D eigenvalue weighted by atomic mass is 10.2. The van der Waals surface area contributed by atoms with E-state index in [0.717, 1.165) is 15.9 Å². The average Bonchev–Trinajstić information content (AvgIpc) is 2.85. The van der Waals surface area contributed by atoms with Crippen LogP contribution in [0.15, 0.2) is 91.0 Å². The molecule has 0 aromatic heterocycles. The number of hydrogen-bond acceptors (Lipinski definition) is 5. The Morgan fingerprint density at radius 1 is 0.794 bits per heavy atom. The van der Waals surface area contributed by atoms with E-state index in [1.54, 1.807) is 0 Å². The third kappa shape index (κ3) is 5.82. The van der Waals surface area contributed by atoms with Crippen LogP contribution in [0.5, 0.6) is 0 Å². The van der Waals surface area contributed by atoms with E-state index < -0.39 is 26.4 Å². The lowest BCUT2D eigenvalue weighted by Gasteiger charge is -2.44.